The fourth-order valence-electron chi connectivity index (χ4n) is 5.83. The van der Waals surface area contributed by atoms with Crippen molar-refractivity contribution in [1.29, 1.82) is 0 Å². The van der Waals surface area contributed by atoms with Crippen molar-refractivity contribution >= 4 is 13.8 Å². The highest BCUT2D eigenvalue weighted by atomic mass is 31.2. The molecule has 0 aliphatic heterocycles. The molecule has 2 atom stereocenters. The summed E-state index contributed by atoms with van der Waals surface area (Å²) in [4.78, 5) is 22.9. The number of carbonyl (C=O) groups is 1. The first kappa shape index (κ1) is 54.2. The lowest BCUT2D eigenvalue weighted by atomic mass is 10.1. The minimum Gasteiger partial charge on any atom is -0.457 e. The van der Waals surface area contributed by atoms with Crippen molar-refractivity contribution in [2.45, 2.75) is 180 Å². The lowest BCUT2D eigenvalue weighted by Crippen LogP contribution is -2.37. The molecule has 0 saturated carbocycles. The number of ether oxygens (including phenoxy) is 2. The Morgan fingerprint density at radius 1 is 0.571 bits per heavy atom. The zero-order chi connectivity index (χ0) is 41.3. The van der Waals surface area contributed by atoms with Crippen LogP contribution in [0.3, 0.4) is 0 Å². The Morgan fingerprint density at radius 3 is 1.57 bits per heavy atom. The second-order valence-corrected chi connectivity index (χ2v) is 17.5. The van der Waals surface area contributed by atoms with Crippen LogP contribution in [0.5, 0.6) is 0 Å². The lowest BCUT2D eigenvalue weighted by molar-refractivity contribution is -0.870. The number of rotatable bonds is 41. The van der Waals surface area contributed by atoms with Crippen molar-refractivity contribution in [3.63, 3.8) is 0 Å². The number of allylic oxidation sites excluding steroid dienone is 10. The monoisotopic (exact) mass is 809 g/mol. The molecule has 0 aliphatic carbocycles. The fraction of sp³-hybridized carbons (Fsp3) is 0.766. The molecular weight excluding hydrogens is 721 g/mol. The van der Waals surface area contributed by atoms with Gasteiger partial charge in [0, 0.05) is 13.0 Å². The lowest BCUT2D eigenvalue weighted by Gasteiger charge is -2.24. The highest BCUT2D eigenvalue weighted by Crippen LogP contribution is 2.43. The molecule has 0 radical (unpaired) electrons. The van der Waals surface area contributed by atoms with Gasteiger partial charge in [0.05, 0.1) is 34.4 Å². The van der Waals surface area contributed by atoms with E-state index in [0.29, 0.717) is 24.1 Å². The number of quaternary nitrogens is 1. The Morgan fingerprint density at radius 2 is 1.04 bits per heavy atom. The molecule has 0 bridgehead atoms. The van der Waals surface area contributed by atoms with Gasteiger partial charge < -0.3 is 18.9 Å². The topological polar surface area (TPSA) is 91.3 Å². The van der Waals surface area contributed by atoms with E-state index in [1.54, 1.807) is 0 Å². The molecule has 2 unspecified atom stereocenters. The third kappa shape index (κ3) is 43.3. The normalized spacial score (nSPS) is 14.3. The van der Waals surface area contributed by atoms with E-state index in [0.717, 1.165) is 70.6 Å². The second kappa shape index (κ2) is 40.0. The molecule has 9 heteroatoms. The van der Waals surface area contributed by atoms with Gasteiger partial charge >= 0.3 is 13.8 Å². The molecule has 0 heterocycles. The van der Waals surface area contributed by atoms with Crippen LogP contribution in [0.25, 0.3) is 0 Å². The fourth-order valence-corrected chi connectivity index (χ4v) is 6.57. The molecule has 56 heavy (non-hydrogen) atoms. The third-order valence-corrected chi connectivity index (χ3v) is 10.3. The van der Waals surface area contributed by atoms with Crippen molar-refractivity contribution in [3.05, 3.63) is 60.8 Å². The predicted octanol–water partition coefficient (Wildman–Crippen LogP) is 13.3. The summed E-state index contributed by atoms with van der Waals surface area (Å²) in [5.74, 6) is -0.331. The quantitative estimate of drug-likeness (QED) is 0.0216. The molecule has 8 nitrogen and oxygen atoms in total. The standard InChI is InChI=1S/C47H86NO7P/c1-6-8-10-12-14-16-18-20-22-23-24-25-26-28-30-32-34-36-38-40-47(49)55-46(45-54-56(50,51)53-43-41-48(3,4)5)44-52-42-39-37-35-33-31-29-27-21-19-17-15-13-11-9-7-2/h8,10,14,16,19-22,24-25,46H,6-7,9,11-13,15,17-18,23,26-45H2,1-5H3/p+1/b10-8-,16-14-,21-19-,22-20-,25-24-. The molecule has 0 amide bonds. The van der Waals surface area contributed by atoms with Crippen LogP contribution in [-0.4, -0.2) is 75.6 Å². The van der Waals surface area contributed by atoms with E-state index in [2.05, 4.69) is 74.6 Å². The van der Waals surface area contributed by atoms with E-state index >= 15 is 0 Å². The zero-order valence-electron chi connectivity index (χ0n) is 36.9. The Balaban J connectivity index is 4.27. The molecule has 0 saturated heterocycles. The summed E-state index contributed by atoms with van der Waals surface area (Å²) in [6, 6.07) is 0. The van der Waals surface area contributed by atoms with Gasteiger partial charge in [-0.05, 0) is 77.0 Å². The van der Waals surface area contributed by atoms with E-state index in [1.165, 1.54) is 83.5 Å². The van der Waals surface area contributed by atoms with Crippen molar-refractivity contribution in [2.75, 3.05) is 54.1 Å². The van der Waals surface area contributed by atoms with Crippen molar-refractivity contribution in [3.8, 4) is 0 Å². The molecule has 0 aromatic carbocycles. The number of unbranched alkanes of at least 4 members (excludes halogenated alkanes) is 17. The van der Waals surface area contributed by atoms with E-state index in [1.807, 2.05) is 21.1 Å². The predicted molar refractivity (Wildman–Crippen MR) is 238 cm³/mol. The van der Waals surface area contributed by atoms with Gasteiger partial charge in [-0.2, -0.15) is 0 Å². The van der Waals surface area contributed by atoms with Crippen LogP contribution in [0.15, 0.2) is 60.8 Å². The van der Waals surface area contributed by atoms with Gasteiger partial charge in [-0.3, -0.25) is 13.8 Å². The molecular formula is C47H87NO7P+. The van der Waals surface area contributed by atoms with Gasteiger partial charge in [0.25, 0.3) is 0 Å². The van der Waals surface area contributed by atoms with Gasteiger partial charge in [-0.15, -0.1) is 0 Å². The SMILES string of the molecule is CC/C=C\C/C=C\C/C=C\C/C=C\CCCCCCCCC(=O)OC(COCCCCCCCC/C=C\CCCCCCC)COP(=O)(O)OCC[N+](C)(C)C. The molecule has 326 valence electrons. The van der Waals surface area contributed by atoms with E-state index in [4.69, 9.17) is 18.5 Å². The maximum atomic E-state index is 12.7. The first-order valence-corrected chi connectivity index (χ1v) is 24.0. The minimum atomic E-state index is -4.28. The van der Waals surface area contributed by atoms with Crippen molar-refractivity contribution in [2.24, 2.45) is 0 Å². The number of nitrogens with zero attached hydrogens (tertiary/aromatic N) is 1. The maximum absolute atomic E-state index is 12.7. The largest absolute Gasteiger partial charge is 0.472 e. The highest BCUT2D eigenvalue weighted by molar-refractivity contribution is 7.47. The summed E-state index contributed by atoms with van der Waals surface area (Å²) in [7, 11) is 1.65. The number of phosphoric acid groups is 1. The summed E-state index contributed by atoms with van der Waals surface area (Å²) in [5.41, 5.74) is 0. The van der Waals surface area contributed by atoms with Crippen LogP contribution in [0.4, 0.5) is 0 Å². The highest BCUT2D eigenvalue weighted by Gasteiger charge is 2.26. The Hall–Kier alpha value is -1.80. The van der Waals surface area contributed by atoms with Crippen molar-refractivity contribution in [1.82, 2.24) is 0 Å². The summed E-state index contributed by atoms with van der Waals surface area (Å²) in [5, 5.41) is 0. The Kier molecular flexibility index (Phi) is 38.7. The summed E-state index contributed by atoms with van der Waals surface area (Å²) < 4.78 is 35.0. The van der Waals surface area contributed by atoms with Gasteiger partial charge in [-0.25, -0.2) is 4.57 Å². The number of esters is 1. The first-order chi connectivity index (χ1) is 27.1. The van der Waals surface area contributed by atoms with Crippen LogP contribution in [-0.2, 0) is 27.9 Å². The molecule has 0 spiro atoms. The van der Waals surface area contributed by atoms with Crippen LogP contribution >= 0.6 is 7.82 Å². The number of hydrogen-bond acceptors (Lipinski definition) is 6. The smallest absolute Gasteiger partial charge is 0.457 e. The average molecular weight is 809 g/mol. The van der Waals surface area contributed by atoms with Crippen molar-refractivity contribution < 1.29 is 37.3 Å². The van der Waals surface area contributed by atoms with Gasteiger partial charge in [0.15, 0.2) is 0 Å². The molecule has 0 aliphatic rings. The molecule has 1 N–H and O–H groups in total. The van der Waals surface area contributed by atoms with Crippen LogP contribution in [0, 0.1) is 0 Å². The van der Waals surface area contributed by atoms with Crippen LogP contribution in [0.2, 0.25) is 0 Å². The third-order valence-electron chi connectivity index (χ3n) is 9.31. The molecule has 0 rings (SSSR count). The number of likely N-dealkylation sites (N-methyl/N-ethyl adjacent to an activating group) is 1. The summed E-state index contributed by atoms with van der Waals surface area (Å²) >= 11 is 0. The zero-order valence-corrected chi connectivity index (χ0v) is 37.7. The first-order valence-electron chi connectivity index (χ1n) is 22.5. The van der Waals surface area contributed by atoms with Gasteiger partial charge in [-0.1, -0.05) is 152 Å². The van der Waals surface area contributed by atoms with E-state index in [-0.39, 0.29) is 25.8 Å². The summed E-state index contributed by atoms with van der Waals surface area (Å²) in [6.45, 7) is 5.46. The second-order valence-electron chi connectivity index (χ2n) is 16.0. The minimum absolute atomic E-state index is 0.0819. The summed E-state index contributed by atoms with van der Waals surface area (Å²) in [6.07, 6.45) is 49.6. The molecule has 0 aromatic heterocycles. The molecule has 0 aromatic rings. The van der Waals surface area contributed by atoms with E-state index in [9.17, 15) is 14.3 Å². The van der Waals surface area contributed by atoms with Crippen LogP contribution in [0.1, 0.15) is 174 Å². The van der Waals surface area contributed by atoms with E-state index < -0.39 is 13.9 Å². The average Bonchev–Trinajstić information content (AvgIpc) is 3.15. The Labute approximate surface area is 345 Å². The molecule has 0 fully saturated rings. The number of phosphoric ester groups is 1. The maximum Gasteiger partial charge on any atom is 0.472 e. The Bertz CT molecular complexity index is 1080. The van der Waals surface area contributed by atoms with Crippen LogP contribution < -0.4 is 0 Å². The van der Waals surface area contributed by atoms with Gasteiger partial charge in [0.1, 0.15) is 19.3 Å². The number of carbonyl (C=O) groups excluding carboxylic acids is 1. The van der Waals surface area contributed by atoms with Gasteiger partial charge in [0.2, 0.25) is 0 Å². The number of hydrogen-bond donors (Lipinski definition) is 1.